The van der Waals surface area contributed by atoms with E-state index in [1.807, 2.05) is 59.2 Å². The van der Waals surface area contributed by atoms with E-state index in [1.165, 1.54) is 14.0 Å². The van der Waals surface area contributed by atoms with Gasteiger partial charge in [-0.25, -0.2) is 0 Å². The van der Waals surface area contributed by atoms with Crippen molar-refractivity contribution in [3.63, 3.8) is 0 Å². The summed E-state index contributed by atoms with van der Waals surface area (Å²) in [7, 11) is 1.33. The molecule has 0 N–H and O–H groups in total. The molecule has 120 valence electrons. The lowest BCUT2D eigenvalue weighted by molar-refractivity contribution is -0.152. The summed E-state index contributed by atoms with van der Waals surface area (Å²) in [5.74, 6) is -0.707. The molecule has 2 heterocycles. The molecule has 1 aromatic heterocycles. The lowest BCUT2D eigenvalue weighted by Crippen LogP contribution is -2.48. The average molecular weight is 319 g/mol. The van der Waals surface area contributed by atoms with Crippen molar-refractivity contribution in [1.29, 1.82) is 0 Å². The molecule has 4 heteroatoms. The third-order valence-electron chi connectivity index (χ3n) is 4.97. The van der Waals surface area contributed by atoms with Gasteiger partial charge in [0.05, 0.1) is 12.6 Å². The van der Waals surface area contributed by atoms with Crippen LogP contribution < -0.4 is 0 Å². The van der Waals surface area contributed by atoms with E-state index in [-0.39, 0.29) is 5.78 Å². The predicted octanol–water partition coefficient (Wildman–Crippen LogP) is 3.19. The molecule has 0 fully saturated rings. The molecule has 0 spiro atoms. The van der Waals surface area contributed by atoms with Crippen LogP contribution in [0.2, 0.25) is 0 Å². The van der Waals surface area contributed by atoms with E-state index in [1.54, 1.807) is 0 Å². The average Bonchev–Trinajstić information content (AvgIpc) is 3.00. The first kappa shape index (κ1) is 14.7. The highest BCUT2D eigenvalue weighted by molar-refractivity contribution is 6.10. The minimum absolute atomic E-state index is 0.201. The van der Waals surface area contributed by atoms with Crippen LogP contribution in [0.1, 0.15) is 18.2 Å². The lowest BCUT2D eigenvalue weighted by Gasteiger charge is -2.35. The molecule has 0 bridgehead atoms. The van der Waals surface area contributed by atoms with E-state index in [0.29, 0.717) is 12.1 Å². The number of fused-ring (bicyclic) bond motifs is 5. The first-order chi connectivity index (χ1) is 11.6. The molecule has 0 saturated carbocycles. The van der Waals surface area contributed by atoms with E-state index >= 15 is 0 Å². The third kappa shape index (κ3) is 1.74. The number of rotatable bonds is 2. The molecular formula is C20H17NO3. The first-order valence-electron chi connectivity index (χ1n) is 7.88. The normalized spacial score (nSPS) is 18.8. The molecule has 2 aromatic carbocycles. The van der Waals surface area contributed by atoms with Gasteiger partial charge >= 0.3 is 5.97 Å². The van der Waals surface area contributed by atoms with Crippen LogP contribution in [0, 0.1) is 0 Å². The van der Waals surface area contributed by atoms with Crippen molar-refractivity contribution < 1.29 is 14.3 Å². The van der Waals surface area contributed by atoms with Crippen molar-refractivity contribution in [3.8, 4) is 5.69 Å². The van der Waals surface area contributed by atoms with Crippen LogP contribution in [-0.2, 0) is 26.2 Å². The standard InChI is InChI=1S/C20H17NO3/c1-13(22)20(19(23)24-2)12-15-8-4-6-10-17(15)21-16-9-5-3-7-14(16)11-18(20)21/h3-11H,12H2,1-2H3. The molecule has 1 unspecified atom stereocenters. The second-order valence-electron chi connectivity index (χ2n) is 6.18. The Hall–Kier alpha value is -2.88. The zero-order chi connectivity index (χ0) is 16.9. The maximum atomic E-state index is 12.7. The summed E-state index contributed by atoms with van der Waals surface area (Å²) in [5, 5.41) is 0.999. The van der Waals surface area contributed by atoms with Crippen LogP contribution in [0.3, 0.4) is 0 Å². The first-order valence-corrected chi connectivity index (χ1v) is 7.88. The zero-order valence-electron chi connectivity index (χ0n) is 13.6. The van der Waals surface area contributed by atoms with Crippen molar-refractivity contribution in [2.24, 2.45) is 0 Å². The molecule has 1 aliphatic heterocycles. The number of carbonyl (C=O) groups excluding carboxylic acids is 2. The number of aromatic nitrogens is 1. The van der Waals surface area contributed by atoms with Gasteiger partial charge in [-0.1, -0.05) is 36.4 Å². The zero-order valence-corrected chi connectivity index (χ0v) is 13.6. The second-order valence-corrected chi connectivity index (χ2v) is 6.18. The molecule has 1 atom stereocenters. The smallest absolute Gasteiger partial charge is 0.325 e. The molecular weight excluding hydrogens is 302 g/mol. The maximum Gasteiger partial charge on any atom is 0.325 e. The highest BCUT2D eigenvalue weighted by atomic mass is 16.5. The molecule has 0 amide bonds. The summed E-state index contributed by atoms with van der Waals surface area (Å²) < 4.78 is 7.07. The van der Waals surface area contributed by atoms with Gasteiger partial charge in [-0.05, 0) is 30.7 Å². The number of nitrogens with zero attached hydrogens (tertiary/aromatic N) is 1. The fourth-order valence-corrected chi connectivity index (χ4v) is 3.78. The summed E-state index contributed by atoms with van der Waals surface area (Å²) in [6, 6.07) is 17.7. The molecule has 3 aromatic rings. The minimum Gasteiger partial charge on any atom is -0.468 e. The Morgan fingerprint density at radius 1 is 1.08 bits per heavy atom. The van der Waals surface area contributed by atoms with Gasteiger partial charge in [0.15, 0.2) is 11.2 Å². The number of hydrogen-bond acceptors (Lipinski definition) is 3. The minimum atomic E-state index is -1.30. The van der Waals surface area contributed by atoms with Gasteiger partial charge in [0, 0.05) is 23.2 Å². The number of ketones is 1. The Labute approximate surface area is 139 Å². The van der Waals surface area contributed by atoms with E-state index in [4.69, 9.17) is 4.74 Å². The maximum absolute atomic E-state index is 12.7. The van der Waals surface area contributed by atoms with Gasteiger partial charge in [0.1, 0.15) is 0 Å². The summed E-state index contributed by atoms with van der Waals surface area (Å²) in [4.78, 5) is 25.4. The third-order valence-corrected chi connectivity index (χ3v) is 4.97. The number of ether oxygens (including phenoxy) is 1. The van der Waals surface area contributed by atoms with E-state index < -0.39 is 11.4 Å². The van der Waals surface area contributed by atoms with Gasteiger partial charge in [-0.3, -0.25) is 9.59 Å². The monoisotopic (exact) mass is 319 g/mol. The van der Waals surface area contributed by atoms with Gasteiger partial charge in [0.2, 0.25) is 0 Å². The Morgan fingerprint density at radius 3 is 2.54 bits per heavy atom. The predicted molar refractivity (Wildman–Crippen MR) is 91.4 cm³/mol. The molecule has 4 nitrogen and oxygen atoms in total. The van der Waals surface area contributed by atoms with Crippen LogP contribution >= 0.6 is 0 Å². The van der Waals surface area contributed by atoms with Crippen LogP contribution in [0.4, 0.5) is 0 Å². The SMILES string of the molecule is COC(=O)C1(C(C)=O)Cc2ccccc2-n2c1cc1ccccc12. The summed E-state index contributed by atoms with van der Waals surface area (Å²) in [6.45, 7) is 1.47. The topological polar surface area (TPSA) is 48.3 Å². The molecule has 0 radical (unpaired) electrons. The van der Waals surface area contributed by atoms with E-state index in [2.05, 4.69) is 0 Å². The quantitative estimate of drug-likeness (QED) is 0.538. The fourth-order valence-electron chi connectivity index (χ4n) is 3.78. The highest BCUT2D eigenvalue weighted by Gasteiger charge is 2.51. The number of Topliss-reactive ketones (excluding diaryl/α,β-unsaturated/α-hetero) is 1. The number of para-hydroxylation sites is 2. The molecule has 0 aliphatic carbocycles. The van der Waals surface area contributed by atoms with Crippen LogP contribution in [0.15, 0.2) is 54.6 Å². The van der Waals surface area contributed by atoms with Crippen molar-refractivity contribution in [2.45, 2.75) is 18.8 Å². The van der Waals surface area contributed by atoms with Gasteiger partial charge in [-0.15, -0.1) is 0 Å². The van der Waals surface area contributed by atoms with Gasteiger partial charge in [0.25, 0.3) is 0 Å². The highest BCUT2D eigenvalue weighted by Crippen LogP contribution is 2.42. The molecule has 1 aliphatic rings. The Bertz CT molecular complexity index is 985. The molecule has 24 heavy (non-hydrogen) atoms. The number of esters is 1. The van der Waals surface area contributed by atoms with Crippen molar-refractivity contribution in [1.82, 2.24) is 4.57 Å². The Balaban J connectivity index is 2.17. The number of hydrogen-bond donors (Lipinski definition) is 0. The van der Waals surface area contributed by atoms with Crippen LogP contribution in [0.5, 0.6) is 0 Å². The van der Waals surface area contributed by atoms with E-state index in [9.17, 15) is 9.59 Å². The summed E-state index contributed by atoms with van der Waals surface area (Å²) in [5.41, 5.74) is 2.33. The van der Waals surface area contributed by atoms with Gasteiger partial charge in [-0.2, -0.15) is 0 Å². The van der Waals surface area contributed by atoms with Crippen molar-refractivity contribution >= 4 is 22.7 Å². The van der Waals surface area contributed by atoms with E-state index in [0.717, 1.165) is 22.2 Å². The fraction of sp³-hybridized carbons (Fsp3) is 0.200. The Morgan fingerprint density at radius 2 is 1.79 bits per heavy atom. The lowest BCUT2D eigenvalue weighted by atomic mass is 9.73. The largest absolute Gasteiger partial charge is 0.468 e. The number of carbonyl (C=O) groups is 2. The van der Waals surface area contributed by atoms with Crippen molar-refractivity contribution in [3.05, 3.63) is 65.9 Å². The Kier molecular flexibility index (Phi) is 3.10. The van der Waals surface area contributed by atoms with Crippen LogP contribution in [0.25, 0.3) is 16.6 Å². The molecule has 4 rings (SSSR count). The van der Waals surface area contributed by atoms with Crippen LogP contribution in [-0.4, -0.2) is 23.4 Å². The number of methoxy groups -OCH3 is 1. The van der Waals surface area contributed by atoms with Crippen molar-refractivity contribution in [2.75, 3.05) is 7.11 Å². The molecule has 0 saturated heterocycles. The second kappa shape index (κ2) is 5.06. The van der Waals surface area contributed by atoms with Gasteiger partial charge < -0.3 is 9.30 Å². The summed E-state index contributed by atoms with van der Waals surface area (Å²) in [6.07, 6.45) is 0.321. The number of benzene rings is 2. The summed E-state index contributed by atoms with van der Waals surface area (Å²) >= 11 is 0.